The van der Waals surface area contributed by atoms with Gasteiger partial charge in [-0.25, -0.2) is 4.68 Å². The zero-order valence-corrected chi connectivity index (χ0v) is 9.84. The maximum Gasteiger partial charge on any atom is 0.265 e. The Hall–Kier alpha value is -2.50. The van der Waals surface area contributed by atoms with E-state index in [0.717, 1.165) is 5.56 Å². The van der Waals surface area contributed by atoms with E-state index in [1.807, 2.05) is 0 Å². The Morgan fingerprint density at radius 1 is 1.28 bits per heavy atom. The highest BCUT2D eigenvalue weighted by Crippen LogP contribution is 2.21. The minimum atomic E-state index is -0.323. The fourth-order valence-electron chi connectivity index (χ4n) is 1.64. The third kappa shape index (κ3) is 2.42. The van der Waals surface area contributed by atoms with Crippen molar-refractivity contribution in [2.45, 2.75) is 6.54 Å². The van der Waals surface area contributed by atoms with Gasteiger partial charge in [0.15, 0.2) is 0 Å². The number of hydrogen-bond donors (Lipinski definition) is 2. The third-order valence-electron chi connectivity index (χ3n) is 2.52. The second kappa shape index (κ2) is 4.79. The molecular formula is C12H13N3O3. The van der Waals surface area contributed by atoms with Crippen LogP contribution in [0.15, 0.2) is 39.9 Å². The van der Waals surface area contributed by atoms with Crippen molar-refractivity contribution in [2.24, 2.45) is 0 Å². The molecule has 18 heavy (non-hydrogen) atoms. The average Bonchev–Trinajstić information content (AvgIpc) is 2.34. The first-order valence-electron chi connectivity index (χ1n) is 5.33. The highest BCUT2D eigenvalue weighted by Gasteiger charge is 2.03. The molecular weight excluding hydrogens is 234 g/mol. The van der Waals surface area contributed by atoms with Crippen LogP contribution in [0.4, 0.5) is 5.69 Å². The zero-order chi connectivity index (χ0) is 13.1. The fourth-order valence-corrected chi connectivity index (χ4v) is 1.64. The smallest absolute Gasteiger partial charge is 0.265 e. The first-order valence-corrected chi connectivity index (χ1v) is 5.33. The summed E-state index contributed by atoms with van der Waals surface area (Å²) in [5.74, 6) is 0.577. The van der Waals surface area contributed by atoms with Gasteiger partial charge in [-0.05, 0) is 17.7 Å². The molecule has 1 heterocycles. The van der Waals surface area contributed by atoms with Crippen molar-refractivity contribution in [3.8, 4) is 5.75 Å². The Labute approximate surface area is 103 Å². The summed E-state index contributed by atoms with van der Waals surface area (Å²) in [5, 5.41) is 2.45. The van der Waals surface area contributed by atoms with Gasteiger partial charge in [0, 0.05) is 12.1 Å². The van der Waals surface area contributed by atoms with Crippen molar-refractivity contribution in [1.82, 2.24) is 9.78 Å². The van der Waals surface area contributed by atoms with Gasteiger partial charge < -0.3 is 10.5 Å². The molecule has 0 fully saturated rings. The molecule has 0 radical (unpaired) electrons. The van der Waals surface area contributed by atoms with E-state index in [4.69, 9.17) is 10.5 Å². The summed E-state index contributed by atoms with van der Waals surface area (Å²) < 4.78 is 6.27. The van der Waals surface area contributed by atoms with Crippen LogP contribution in [0.5, 0.6) is 5.75 Å². The predicted octanol–water partition coefficient (Wildman–Crippen LogP) is 0.176. The number of nitrogens with one attached hydrogen (secondary N) is 1. The van der Waals surface area contributed by atoms with Gasteiger partial charge in [0.1, 0.15) is 5.75 Å². The molecule has 0 spiro atoms. The SMILES string of the molecule is COc1ccc(Cn2[nH]c(=O)ccc2=O)cc1N. The Bertz CT molecular complexity index is 673. The number of H-pyrrole nitrogens is 1. The topological polar surface area (TPSA) is 90.1 Å². The Kier molecular flexibility index (Phi) is 3.18. The Morgan fingerprint density at radius 2 is 2.06 bits per heavy atom. The van der Waals surface area contributed by atoms with Gasteiger partial charge in [-0.3, -0.25) is 14.7 Å². The van der Waals surface area contributed by atoms with Crippen molar-refractivity contribution in [3.05, 3.63) is 56.6 Å². The van der Waals surface area contributed by atoms with Crippen LogP contribution in [0.1, 0.15) is 5.56 Å². The lowest BCUT2D eigenvalue weighted by atomic mass is 10.2. The van der Waals surface area contributed by atoms with E-state index in [1.165, 1.54) is 23.9 Å². The van der Waals surface area contributed by atoms with Gasteiger partial charge in [-0.1, -0.05) is 6.07 Å². The van der Waals surface area contributed by atoms with Crippen molar-refractivity contribution in [1.29, 1.82) is 0 Å². The Morgan fingerprint density at radius 3 is 2.72 bits per heavy atom. The minimum absolute atomic E-state index is 0.253. The molecule has 2 aromatic rings. The number of aromatic amines is 1. The fraction of sp³-hybridized carbons (Fsp3) is 0.167. The number of nitrogen functional groups attached to an aromatic ring is 1. The molecule has 0 atom stereocenters. The van der Waals surface area contributed by atoms with Crippen molar-refractivity contribution in [2.75, 3.05) is 12.8 Å². The zero-order valence-electron chi connectivity index (χ0n) is 9.84. The van der Waals surface area contributed by atoms with E-state index in [9.17, 15) is 9.59 Å². The summed E-state index contributed by atoms with van der Waals surface area (Å²) in [6.45, 7) is 0.253. The number of hydrogen-bond acceptors (Lipinski definition) is 4. The molecule has 2 rings (SSSR count). The van der Waals surface area contributed by atoms with E-state index >= 15 is 0 Å². The molecule has 94 valence electrons. The molecule has 1 aromatic heterocycles. The van der Waals surface area contributed by atoms with Crippen LogP contribution in [0.3, 0.4) is 0 Å². The highest BCUT2D eigenvalue weighted by molar-refractivity contribution is 5.54. The predicted molar refractivity (Wildman–Crippen MR) is 67.8 cm³/mol. The van der Waals surface area contributed by atoms with Crippen molar-refractivity contribution >= 4 is 5.69 Å². The van der Waals surface area contributed by atoms with E-state index < -0.39 is 0 Å². The lowest BCUT2D eigenvalue weighted by Crippen LogP contribution is -2.28. The third-order valence-corrected chi connectivity index (χ3v) is 2.52. The molecule has 0 aliphatic carbocycles. The van der Waals surface area contributed by atoms with Gasteiger partial charge in [0.2, 0.25) is 0 Å². The number of nitrogens with two attached hydrogens (primary N) is 1. The van der Waals surface area contributed by atoms with Crippen LogP contribution in [-0.4, -0.2) is 16.9 Å². The van der Waals surface area contributed by atoms with Crippen LogP contribution >= 0.6 is 0 Å². The van der Waals surface area contributed by atoms with E-state index in [1.54, 1.807) is 18.2 Å². The van der Waals surface area contributed by atoms with Crippen molar-refractivity contribution < 1.29 is 4.74 Å². The molecule has 0 amide bonds. The standard InChI is InChI=1S/C12H13N3O3/c1-18-10-3-2-8(6-9(10)13)7-15-12(17)5-4-11(16)14-15/h2-6H,7,13H2,1H3,(H,14,16). The summed E-state index contributed by atoms with van der Waals surface area (Å²) in [6.07, 6.45) is 0. The molecule has 0 bridgehead atoms. The molecule has 1 aromatic carbocycles. The second-order valence-electron chi connectivity index (χ2n) is 3.81. The molecule has 0 saturated carbocycles. The van der Waals surface area contributed by atoms with Crippen LogP contribution in [0.25, 0.3) is 0 Å². The first kappa shape index (κ1) is 12.0. The number of ether oxygens (including phenoxy) is 1. The number of methoxy groups -OCH3 is 1. The molecule has 6 heteroatoms. The van der Waals surface area contributed by atoms with Gasteiger partial charge in [-0.2, -0.15) is 0 Å². The van der Waals surface area contributed by atoms with Gasteiger partial charge in [-0.15, -0.1) is 0 Å². The average molecular weight is 247 g/mol. The monoisotopic (exact) mass is 247 g/mol. The number of anilines is 1. The van der Waals surface area contributed by atoms with Gasteiger partial charge in [0.25, 0.3) is 11.1 Å². The van der Waals surface area contributed by atoms with E-state index in [2.05, 4.69) is 5.10 Å². The maximum absolute atomic E-state index is 11.5. The summed E-state index contributed by atoms with van der Waals surface area (Å²) >= 11 is 0. The number of benzene rings is 1. The summed E-state index contributed by atoms with van der Waals surface area (Å²) in [6, 6.07) is 7.63. The molecule has 0 unspecified atom stereocenters. The first-order chi connectivity index (χ1) is 8.60. The van der Waals surface area contributed by atoms with Gasteiger partial charge >= 0.3 is 0 Å². The van der Waals surface area contributed by atoms with Gasteiger partial charge in [0.05, 0.1) is 19.3 Å². The molecule has 0 aliphatic heterocycles. The lowest BCUT2D eigenvalue weighted by Gasteiger charge is -2.08. The molecule has 0 saturated heterocycles. The second-order valence-corrected chi connectivity index (χ2v) is 3.81. The summed E-state index contributed by atoms with van der Waals surface area (Å²) in [7, 11) is 1.53. The Balaban J connectivity index is 2.34. The minimum Gasteiger partial charge on any atom is -0.495 e. The molecule has 3 N–H and O–H groups in total. The number of aromatic nitrogens is 2. The largest absolute Gasteiger partial charge is 0.495 e. The van der Waals surface area contributed by atoms with E-state index in [-0.39, 0.29) is 17.7 Å². The summed E-state index contributed by atoms with van der Waals surface area (Å²) in [5.41, 5.74) is 6.46. The number of rotatable bonds is 3. The molecule has 6 nitrogen and oxygen atoms in total. The van der Waals surface area contributed by atoms with Crippen LogP contribution in [-0.2, 0) is 6.54 Å². The number of nitrogens with zero attached hydrogens (tertiary/aromatic N) is 1. The lowest BCUT2D eigenvalue weighted by molar-refractivity contribution is 0.416. The normalized spacial score (nSPS) is 10.3. The maximum atomic E-state index is 11.5. The molecule has 0 aliphatic rings. The van der Waals surface area contributed by atoms with Crippen LogP contribution in [0, 0.1) is 0 Å². The van der Waals surface area contributed by atoms with Crippen LogP contribution in [0.2, 0.25) is 0 Å². The van der Waals surface area contributed by atoms with Crippen LogP contribution < -0.4 is 21.6 Å². The summed E-state index contributed by atoms with van der Waals surface area (Å²) in [4.78, 5) is 22.7. The van der Waals surface area contributed by atoms with E-state index in [0.29, 0.717) is 11.4 Å². The highest BCUT2D eigenvalue weighted by atomic mass is 16.5. The van der Waals surface area contributed by atoms with Crippen molar-refractivity contribution in [3.63, 3.8) is 0 Å². The quantitative estimate of drug-likeness (QED) is 0.757.